The third kappa shape index (κ3) is 5.08. The molecule has 1 aliphatic heterocycles. The molecule has 0 saturated carbocycles. The number of hydrogen-bond acceptors (Lipinski definition) is 6. The van der Waals surface area contributed by atoms with Gasteiger partial charge in [-0.05, 0) is 36.8 Å². The van der Waals surface area contributed by atoms with E-state index < -0.39 is 22.1 Å². The highest BCUT2D eigenvalue weighted by atomic mass is 32.2. The van der Waals surface area contributed by atoms with Crippen molar-refractivity contribution in [2.75, 3.05) is 13.2 Å². The van der Waals surface area contributed by atoms with Crippen LogP contribution in [0.15, 0.2) is 54.6 Å². The first-order valence-corrected chi connectivity index (χ1v) is 10.1. The van der Waals surface area contributed by atoms with Crippen LogP contribution in [0.3, 0.4) is 0 Å². The maximum Gasteiger partial charge on any atom is 0.338 e. The number of nitrogens with zero attached hydrogens (tertiary/aromatic N) is 1. The molecule has 28 heavy (non-hydrogen) atoms. The van der Waals surface area contributed by atoms with Gasteiger partial charge in [-0.3, -0.25) is 4.79 Å². The summed E-state index contributed by atoms with van der Waals surface area (Å²) >= 11 is 0. The van der Waals surface area contributed by atoms with Gasteiger partial charge in [0.25, 0.3) is 0 Å². The second kappa shape index (κ2) is 8.41. The number of carbonyl (C=O) groups is 2. The average Bonchev–Trinajstić information content (AvgIpc) is 2.92. The fraction of sp³-hybridized carbons (Fsp3) is 0.263. The lowest BCUT2D eigenvalue weighted by molar-refractivity contribution is -0.118. The van der Waals surface area contributed by atoms with Gasteiger partial charge in [-0.1, -0.05) is 30.3 Å². The van der Waals surface area contributed by atoms with E-state index in [1.54, 1.807) is 31.2 Å². The minimum Gasteiger partial charge on any atom is -0.487 e. The summed E-state index contributed by atoms with van der Waals surface area (Å²) in [7, 11) is -3.78. The summed E-state index contributed by atoms with van der Waals surface area (Å²) < 4.78 is 37.3. The van der Waals surface area contributed by atoms with Crippen LogP contribution in [-0.2, 0) is 26.3 Å². The summed E-state index contributed by atoms with van der Waals surface area (Å²) in [6.45, 7) is 1.72. The smallest absolute Gasteiger partial charge is 0.338 e. The number of ether oxygens (including phenoxy) is 2. The number of para-hydroxylation sites is 1. The van der Waals surface area contributed by atoms with E-state index in [1.807, 2.05) is 35.1 Å². The summed E-state index contributed by atoms with van der Waals surface area (Å²) in [5.74, 6) is -0.368. The quantitative estimate of drug-likeness (QED) is 0.702. The third-order valence-corrected chi connectivity index (χ3v) is 5.40. The minimum absolute atomic E-state index is 0.0400. The van der Waals surface area contributed by atoms with Crippen LogP contribution in [0, 0.1) is 0 Å². The normalized spacial score (nSPS) is 17.0. The number of hydrogen-bond donors (Lipinski definition) is 1. The minimum atomic E-state index is -3.78. The molecule has 148 valence electrons. The zero-order valence-corrected chi connectivity index (χ0v) is 16.0. The predicted molar refractivity (Wildman–Crippen MR) is 101 cm³/mol. The van der Waals surface area contributed by atoms with Crippen molar-refractivity contribution in [3.8, 4) is 5.75 Å². The van der Waals surface area contributed by atoms with Crippen LogP contribution < -0.4 is 9.46 Å². The van der Waals surface area contributed by atoms with Crippen molar-refractivity contribution in [2.45, 2.75) is 19.6 Å². The molecule has 0 aliphatic carbocycles. The number of esters is 1. The molecule has 1 unspecified atom stereocenters. The Hall–Kier alpha value is -2.91. The number of benzene rings is 2. The molecule has 0 spiro atoms. The molecule has 1 N–H and O–H groups in total. The van der Waals surface area contributed by atoms with E-state index in [9.17, 15) is 18.0 Å². The topological polar surface area (TPSA) is 102 Å². The summed E-state index contributed by atoms with van der Waals surface area (Å²) in [6.07, 6.45) is -0.309. The molecule has 1 heterocycles. The number of amides is 1. The highest BCUT2D eigenvalue weighted by Gasteiger charge is 2.33. The van der Waals surface area contributed by atoms with E-state index in [2.05, 4.69) is 0 Å². The van der Waals surface area contributed by atoms with Gasteiger partial charge >= 0.3 is 16.2 Å². The lowest BCUT2D eigenvalue weighted by Crippen LogP contribution is -2.29. The predicted octanol–water partition coefficient (Wildman–Crippen LogP) is 1.49. The van der Waals surface area contributed by atoms with Crippen LogP contribution in [0.4, 0.5) is 0 Å². The van der Waals surface area contributed by atoms with E-state index in [0.717, 1.165) is 4.31 Å². The first kappa shape index (κ1) is 19.8. The zero-order chi connectivity index (χ0) is 20.1. The number of carbonyl (C=O) groups excluding carboxylic acids is 2. The Bertz CT molecular complexity index is 944. The highest BCUT2D eigenvalue weighted by Crippen LogP contribution is 2.14. The Morgan fingerprint density at radius 3 is 2.43 bits per heavy atom. The van der Waals surface area contributed by atoms with Crippen molar-refractivity contribution in [1.29, 1.82) is 0 Å². The number of rotatable bonds is 7. The molecular weight excluding hydrogens is 384 g/mol. The van der Waals surface area contributed by atoms with Gasteiger partial charge in [-0.25, -0.2) is 9.52 Å². The molecule has 1 atom stereocenters. The van der Waals surface area contributed by atoms with E-state index in [0.29, 0.717) is 16.9 Å². The Balaban J connectivity index is 1.51. The first-order valence-electron chi connectivity index (χ1n) is 8.62. The molecule has 0 bridgehead atoms. The van der Waals surface area contributed by atoms with Crippen LogP contribution in [0.1, 0.15) is 22.8 Å². The summed E-state index contributed by atoms with van der Waals surface area (Å²) in [6, 6.07) is 15.6. The monoisotopic (exact) mass is 404 g/mol. The van der Waals surface area contributed by atoms with Gasteiger partial charge in [-0.2, -0.15) is 12.7 Å². The second-order valence-electron chi connectivity index (χ2n) is 6.34. The summed E-state index contributed by atoms with van der Waals surface area (Å²) in [5, 5.41) is 0. The molecule has 0 radical (unpaired) electrons. The molecule has 2 aromatic carbocycles. The molecular formula is C19H20N2O6S. The van der Waals surface area contributed by atoms with E-state index in [-0.39, 0.29) is 25.8 Å². The fourth-order valence-electron chi connectivity index (χ4n) is 2.62. The molecule has 1 aliphatic rings. The van der Waals surface area contributed by atoms with Gasteiger partial charge in [0.1, 0.15) is 18.5 Å². The Morgan fingerprint density at radius 2 is 1.82 bits per heavy atom. The van der Waals surface area contributed by atoms with Crippen LogP contribution in [0.25, 0.3) is 0 Å². The SMILES string of the molecule is CC(COC(=O)c1ccc(CN2CC(=O)NS2(=O)=O)cc1)Oc1ccccc1. The van der Waals surface area contributed by atoms with Gasteiger partial charge < -0.3 is 9.47 Å². The van der Waals surface area contributed by atoms with Gasteiger partial charge in [0.05, 0.1) is 12.1 Å². The van der Waals surface area contributed by atoms with Crippen LogP contribution in [0.2, 0.25) is 0 Å². The lowest BCUT2D eigenvalue weighted by atomic mass is 10.1. The third-order valence-electron chi connectivity index (χ3n) is 3.98. The molecule has 9 heteroatoms. The van der Waals surface area contributed by atoms with E-state index in [4.69, 9.17) is 9.47 Å². The molecule has 3 rings (SSSR count). The Labute approximate surface area is 163 Å². The Kier molecular flexibility index (Phi) is 5.96. The van der Waals surface area contributed by atoms with Crippen molar-refractivity contribution in [2.24, 2.45) is 0 Å². The van der Waals surface area contributed by atoms with Crippen molar-refractivity contribution < 1.29 is 27.5 Å². The van der Waals surface area contributed by atoms with Crippen LogP contribution in [0.5, 0.6) is 5.75 Å². The van der Waals surface area contributed by atoms with Crippen molar-refractivity contribution in [1.82, 2.24) is 9.03 Å². The highest BCUT2D eigenvalue weighted by molar-refractivity contribution is 7.88. The van der Waals surface area contributed by atoms with Crippen LogP contribution in [-0.4, -0.2) is 43.9 Å². The summed E-state index contributed by atoms with van der Waals surface area (Å²) in [4.78, 5) is 23.4. The lowest BCUT2D eigenvalue weighted by Gasteiger charge is -2.15. The first-order chi connectivity index (χ1) is 13.3. The van der Waals surface area contributed by atoms with Crippen LogP contribution >= 0.6 is 0 Å². The average molecular weight is 404 g/mol. The van der Waals surface area contributed by atoms with Gasteiger partial charge in [-0.15, -0.1) is 0 Å². The Morgan fingerprint density at radius 1 is 1.14 bits per heavy atom. The molecule has 1 saturated heterocycles. The maximum atomic E-state index is 12.2. The molecule has 1 amide bonds. The van der Waals surface area contributed by atoms with Crippen molar-refractivity contribution >= 4 is 22.1 Å². The standard InChI is InChI=1S/C19H20N2O6S/c1-14(27-17-5-3-2-4-6-17)13-26-19(23)16-9-7-15(8-10-16)11-21-12-18(22)20-28(21,24)25/h2-10,14H,11-13H2,1H3,(H,20,22). The molecule has 1 fully saturated rings. The van der Waals surface area contributed by atoms with E-state index in [1.165, 1.54) is 0 Å². The van der Waals surface area contributed by atoms with Gasteiger partial charge in [0, 0.05) is 6.54 Å². The second-order valence-corrected chi connectivity index (χ2v) is 8.01. The fourth-order valence-corrected chi connectivity index (χ4v) is 3.71. The molecule has 0 aromatic heterocycles. The summed E-state index contributed by atoms with van der Waals surface area (Å²) in [5.41, 5.74) is 0.992. The molecule has 8 nitrogen and oxygen atoms in total. The van der Waals surface area contributed by atoms with Crippen molar-refractivity contribution in [3.05, 3.63) is 65.7 Å². The van der Waals surface area contributed by atoms with Gasteiger partial charge in [0.15, 0.2) is 0 Å². The zero-order valence-electron chi connectivity index (χ0n) is 15.2. The van der Waals surface area contributed by atoms with Crippen molar-refractivity contribution in [3.63, 3.8) is 0 Å². The maximum absolute atomic E-state index is 12.2. The van der Waals surface area contributed by atoms with Gasteiger partial charge in [0.2, 0.25) is 5.91 Å². The number of nitrogens with one attached hydrogen (secondary N) is 1. The molecule has 2 aromatic rings. The largest absolute Gasteiger partial charge is 0.487 e. The van der Waals surface area contributed by atoms with E-state index >= 15 is 0 Å².